The van der Waals surface area contributed by atoms with Crippen molar-refractivity contribution in [3.05, 3.63) is 47.2 Å². The van der Waals surface area contributed by atoms with Crippen molar-refractivity contribution in [2.45, 2.75) is 11.8 Å². The molecule has 1 aromatic carbocycles. The van der Waals surface area contributed by atoms with Gasteiger partial charge >= 0.3 is 0 Å². The molecule has 2 nitrogen and oxygen atoms in total. The number of allylic oxidation sites excluding steroid dienone is 2. The first-order valence-corrected chi connectivity index (χ1v) is 5.42. The number of piperidine rings is 1. The first kappa shape index (κ1) is 7.69. The monoisotopic (exact) mass is 197 g/mol. The molecule has 1 aromatic rings. The van der Waals surface area contributed by atoms with Crippen molar-refractivity contribution in [3.8, 4) is 0 Å². The fraction of sp³-hybridized carbons (Fsp3) is 0.308. The number of ketones is 1. The second-order valence-corrected chi connectivity index (χ2v) is 4.72. The summed E-state index contributed by atoms with van der Waals surface area (Å²) in [7, 11) is 0. The van der Waals surface area contributed by atoms with Crippen LogP contribution < -0.4 is 5.32 Å². The fourth-order valence-corrected chi connectivity index (χ4v) is 3.25. The number of fused-ring (bicyclic) bond motifs is 1. The lowest BCUT2D eigenvalue weighted by atomic mass is 9.82. The molecule has 2 heteroatoms. The Kier molecular flexibility index (Phi) is 1.11. The van der Waals surface area contributed by atoms with Crippen LogP contribution in [0.3, 0.4) is 0 Å². The number of nitrogens with one attached hydrogen (secondary N) is 1. The van der Waals surface area contributed by atoms with Crippen molar-refractivity contribution in [3.63, 3.8) is 0 Å². The van der Waals surface area contributed by atoms with Gasteiger partial charge in [-0.3, -0.25) is 4.79 Å². The van der Waals surface area contributed by atoms with E-state index in [0.29, 0.717) is 0 Å². The van der Waals surface area contributed by atoms with Gasteiger partial charge in [-0.2, -0.15) is 0 Å². The average molecular weight is 197 g/mol. The minimum atomic E-state index is 0.159. The van der Waals surface area contributed by atoms with Gasteiger partial charge in [0.05, 0.1) is 0 Å². The second kappa shape index (κ2) is 2.16. The van der Waals surface area contributed by atoms with Crippen LogP contribution in [-0.4, -0.2) is 12.3 Å². The third kappa shape index (κ3) is 0.717. The number of hydrogen-bond acceptors (Lipinski definition) is 2. The lowest BCUT2D eigenvalue weighted by Gasteiger charge is -2.23. The molecule has 1 spiro atoms. The molecule has 0 amide bonds. The molecule has 0 bridgehead atoms. The van der Waals surface area contributed by atoms with Gasteiger partial charge in [0.25, 0.3) is 0 Å². The highest BCUT2D eigenvalue weighted by molar-refractivity contribution is 6.08. The van der Waals surface area contributed by atoms with Gasteiger partial charge in [-0.05, 0) is 17.9 Å². The normalized spacial score (nSPS) is 34.8. The van der Waals surface area contributed by atoms with Gasteiger partial charge in [0.15, 0.2) is 5.78 Å². The van der Waals surface area contributed by atoms with Crippen molar-refractivity contribution in [1.29, 1.82) is 0 Å². The number of carbonyl (C=O) groups excluding carboxylic acids is 1. The van der Waals surface area contributed by atoms with E-state index in [-0.39, 0.29) is 11.2 Å². The Labute approximate surface area is 88.0 Å². The SMILES string of the molecule is O=C1C=C2NCC3C[C@]23c2ccccc21. The largest absolute Gasteiger partial charge is 0.387 e. The highest BCUT2D eigenvalue weighted by Gasteiger charge is 2.63. The molecule has 2 fully saturated rings. The van der Waals surface area contributed by atoms with E-state index in [9.17, 15) is 4.79 Å². The zero-order chi connectivity index (χ0) is 10.0. The van der Waals surface area contributed by atoms with E-state index < -0.39 is 0 Å². The van der Waals surface area contributed by atoms with Gasteiger partial charge in [-0.15, -0.1) is 0 Å². The molecule has 0 aromatic heterocycles. The summed E-state index contributed by atoms with van der Waals surface area (Å²) >= 11 is 0. The Hall–Kier alpha value is -1.57. The van der Waals surface area contributed by atoms with E-state index in [0.717, 1.165) is 23.7 Å². The van der Waals surface area contributed by atoms with E-state index in [1.165, 1.54) is 12.0 Å². The first-order chi connectivity index (χ1) is 7.32. The zero-order valence-corrected chi connectivity index (χ0v) is 8.29. The highest BCUT2D eigenvalue weighted by atomic mass is 16.1. The van der Waals surface area contributed by atoms with Crippen molar-refractivity contribution >= 4 is 5.78 Å². The van der Waals surface area contributed by atoms with E-state index in [2.05, 4.69) is 11.4 Å². The molecule has 4 rings (SSSR count). The molecule has 1 unspecified atom stereocenters. The molecular formula is C13H11NO. The van der Waals surface area contributed by atoms with Crippen LogP contribution >= 0.6 is 0 Å². The van der Waals surface area contributed by atoms with E-state index in [4.69, 9.17) is 0 Å². The number of carbonyl (C=O) groups is 1. The van der Waals surface area contributed by atoms with Gasteiger partial charge in [-0.25, -0.2) is 0 Å². The maximum Gasteiger partial charge on any atom is 0.187 e. The van der Waals surface area contributed by atoms with Crippen LogP contribution in [-0.2, 0) is 5.41 Å². The zero-order valence-electron chi connectivity index (χ0n) is 8.29. The minimum Gasteiger partial charge on any atom is -0.387 e. The molecule has 1 heterocycles. The summed E-state index contributed by atoms with van der Waals surface area (Å²) in [6, 6.07) is 8.06. The molecule has 1 aliphatic heterocycles. The summed E-state index contributed by atoms with van der Waals surface area (Å²) in [5, 5.41) is 3.36. The molecule has 74 valence electrons. The smallest absolute Gasteiger partial charge is 0.187 e. The van der Waals surface area contributed by atoms with E-state index >= 15 is 0 Å². The molecule has 1 saturated heterocycles. The molecule has 0 radical (unpaired) electrons. The number of hydrogen-bond donors (Lipinski definition) is 1. The number of rotatable bonds is 0. The van der Waals surface area contributed by atoms with Crippen LogP contribution in [0.15, 0.2) is 36.0 Å². The van der Waals surface area contributed by atoms with Crippen LogP contribution in [0, 0.1) is 5.92 Å². The van der Waals surface area contributed by atoms with Gasteiger partial charge in [-0.1, -0.05) is 24.3 Å². The quantitative estimate of drug-likeness (QED) is 0.685. The van der Waals surface area contributed by atoms with E-state index in [1.807, 2.05) is 18.2 Å². The molecule has 3 aliphatic rings. The summed E-state index contributed by atoms with van der Waals surface area (Å²) in [5.41, 5.74) is 3.52. The molecule has 15 heavy (non-hydrogen) atoms. The summed E-state index contributed by atoms with van der Waals surface area (Å²) in [6.45, 7) is 1.04. The molecule has 1 N–H and O–H groups in total. The van der Waals surface area contributed by atoms with Crippen LogP contribution in [0.5, 0.6) is 0 Å². The van der Waals surface area contributed by atoms with Crippen LogP contribution in [0.1, 0.15) is 22.3 Å². The third-order valence-electron chi connectivity index (χ3n) is 4.07. The number of benzene rings is 1. The van der Waals surface area contributed by atoms with Gasteiger partial charge in [0, 0.05) is 29.3 Å². The molecule has 2 atom stereocenters. The van der Waals surface area contributed by atoms with Gasteiger partial charge in [0.2, 0.25) is 0 Å². The van der Waals surface area contributed by atoms with Crippen LogP contribution in [0.25, 0.3) is 0 Å². The average Bonchev–Trinajstić information content (AvgIpc) is 2.89. The first-order valence-electron chi connectivity index (χ1n) is 5.42. The lowest BCUT2D eigenvalue weighted by molar-refractivity contribution is 0.104. The summed E-state index contributed by atoms with van der Waals surface area (Å²) < 4.78 is 0. The summed E-state index contributed by atoms with van der Waals surface area (Å²) in [5.74, 6) is 0.879. The molecular weight excluding hydrogens is 186 g/mol. The van der Waals surface area contributed by atoms with Crippen molar-refractivity contribution < 1.29 is 4.79 Å². The van der Waals surface area contributed by atoms with Crippen molar-refractivity contribution in [1.82, 2.24) is 5.32 Å². The maximum atomic E-state index is 11.9. The molecule has 2 aliphatic carbocycles. The predicted molar refractivity (Wildman–Crippen MR) is 56.6 cm³/mol. The summed E-state index contributed by atoms with van der Waals surface area (Å²) in [4.78, 5) is 11.9. The second-order valence-electron chi connectivity index (χ2n) is 4.72. The van der Waals surface area contributed by atoms with Crippen LogP contribution in [0.2, 0.25) is 0 Å². The van der Waals surface area contributed by atoms with Crippen LogP contribution in [0.4, 0.5) is 0 Å². The minimum absolute atomic E-state index is 0.159. The van der Waals surface area contributed by atoms with Crippen molar-refractivity contribution in [2.24, 2.45) is 5.92 Å². The Morgan fingerprint density at radius 3 is 3.07 bits per heavy atom. The summed E-state index contributed by atoms with van der Waals surface area (Å²) in [6.07, 6.45) is 3.02. The van der Waals surface area contributed by atoms with Gasteiger partial charge in [0.1, 0.15) is 0 Å². The Morgan fingerprint density at radius 1 is 1.33 bits per heavy atom. The topological polar surface area (TPSA) is 29.1 Å². The molecule has 1 saturated carbocycles. The maximum absolute atomic E-state index is 11.9. The Balaban J connectivity index is 2.05. The fourth-order valence-electron chi connectivity index (χ4n) is 3.25. The highest BCUT2D eigenvalue weighted by Crippen LogP contribution is 2.63. The van der Waals surface area contributed by atoms with E-state index in [1.54, 1.807) is 6.08 Å². The van der Waals surface area contributed by atoms with Crippen molar-refractivity contribution in [2.75, 3.05) is 6.54 Å². The predicted octanol–water partition coefficient (Wildman–Crippen LogP) is 1.63. The lowest BCUT2D eigenvalue weighted by Crippen LogP contribution is -2.24. The Bertz CT molecular complexity index is 517. The standard InChI is InChI=1S/C13H11NO/c15-11-5-12-13(6-8(13)7-14-12)10-4-2-1-3-9(10)11/h1-5,8,14H,6-7H2/t8?,13-/m0/s1. The Morgan fingerprint density at radius 2 is 2.20 bits per heavy atom. The van der Waals surface area contributed by atoms with Gasteiger partial charge < -0.3 is 5.32 Å². The third-order valence-corrected chi connectivity index (χ3v) is 4.07.